The van der Waals surface area contributed by atoms with Gasteiger partial charge in [-0.2, -0.15) is 0 Å². The van der Waals surface area contributed by atoms with Gasteiger partial charge in [0.25, 0.3) is 5.91 Å². The first-order valence-corrected chi connectivity index (χ1v) is 9.67. The molecule has 3 amide bonds. The van der Waals surface area contributed by atoms with Crippen LogP contribution < -0.4 is 16.0 Å². The third-order valence-corrected chi connectivity index (χ3v) is 4.46. The van der Waals surface area contributed by atoms with Crippen molar-refractivity contribution in [2.24, 2.45) is 0 Å². The van der Waals surface area contributed by atoms with Crippen LogP contribution in [0.15, 0.2) is 48.5 Å². The highest BCUT2D eigenvalue weighted by molar-refractivity contribution is 5.96. The summed E-state index contributed by atoms with van der Waals surface area (Å²) in [5, 5.41) is 8.01. The maximum Gasteiger partial charge on any atom is 0.325 e. The predicted molar refractivity (Wildman–Crippen MR) is 115 cm³/mol. The number of amides is 3. The van der Waals surface area contributed by atoms with Crippen LogP contribution in [0.4, 0.5) is 10.5 Å². The highest BCUT2D eigenvalue weighted by Gasteiger charge is 2.09. The van der Waals surface area contributed by atoms with Gasteiger partial charge in [-0.25, -0.2) is 4.79 Å². The van der Waals surface area contributed by atoms with Crippen molar-refractivity contribution in [3.8, 4) is 0 Å². The lowest BCUT2D eigenvalue weighted by atomic mass is 10.1. The SMILES string of the molecule is CCN(C)Cc1cccc(CNC(=O)Nc2ccc(C(=O)NCC(=O)OC)cc2)c1. The largest absolute Gasteiger partial charge is 0.468 e. The second-order valence-corrected chi connectivity index (χ2v) is 6.79. The van der Waals surface area contributed by atoms with Gasteiger partial charge < -0.3 is 25.6 Å². The molecule has 3 N–H and O–H groups in total. The van der Waals surface area contributed by atoms with Gasteiger partial charge in [-0.3, -0.25) is 9.59 Å². The molecule has 2 rings (SSSR count). The molecule has 2 aromatic rings. The number of urea groups is 1. The Bertz CT molecular complexity index is 868. The van der Waals surface area contributed by atoms with Crippen LogP contribution in [0.25, 0.3) is 0 Å². The first-order valence-electron chi connectivity index (χ1n) is 9.67. The second-order valence-electron chi connectivity index (χ2n) is 6.79. The van der Waals surface area contributed by atoms with Crippen molar-refractivity contribution in [3.63, 3.8) is 0 Å². The van der Waals surface area contributed by atoms with E-state index in [2.05, 4.69) is 51.7 Å². The van der Waals surface area contributed by atoms with Gasteiger partial charge in [-0.1, -0.05) is 31.2 Å². The van der Waals surface area contributed by atoms with Crippen molar-refractivity contribution in [1.82, 2.24) is 15.5 Å². The van der Waals surface area contributed by atoms with Crippen molar-refractivity contribution >= 4 is 23.6 Å². The molecule has 0 aliphatic carbocycles. The smallest absolute Gasteiger partial charge is 0.325 e. The van der Waals surface area contributed by atoms with Gasteiger partial charge >= 0.3 is 12.0 Å². The Labute approximate surface area is 176 Å². The molecule has 8 nitrogen and oxygen atoms in total. The van der Waals surface area contributed by atoms with Gasteiger partial charge in [-0.15, -0.1) is 0 Å². The number of nitrogens with one attached hydrogen (secondary N) is 3. The number of methoxy groups -OCH3 is 1. The molecule has 30 heavy (non-hydrogen) atoms. The maximum absolute atomic E-state index is 12.2. The average molecular weight is 412 g/mol. The van der Waals surface area contributed by atoms with Crippen molar-refractivity contribution in [2.45, 2.75) is 20.0 Å². The minimum atomic E-state index is -0.527. The summed E-state index contributed by atoms with van der Waals surface area (Å²) in [5.41, 5.74) is 3.14. The minimum Gasteiger partial charge on any atom is -0.468 e. The summed E-state index contributed by atoms with van der Waals surface area (Å²) < 4.78 is 4.47. The fourth-order valence-corrected chi connectivity index (χ4v) is 2.65. The van der Waals surface area contributed by atoms with Crippen molar-refractivity contribution in [3.05, 3.63) is 65.2 Å². The lowest BCUT2D eigenvalue weighted by Crippen LogP contribution is -2.30. The van der Waals surface area contributed by atoms with Gasteiger partial charge in [0.15, 0.2) is 0 Å². The zero-order chi connectivity index (χ0) is 21.9. The van der Waals surface area contributed by atoms with E-state index in [1.54, 1.807) is 24.3 Å². The quantitative estimate of drug-likeness (QED) is 0.549. The summed E-state index contributed by atoms with van der Waals surface area (Å²) in [6, 6.07) is 14.1. The molecule has 2 aromatic carbocycles. The molecule has 0 bridgehead atoms. The molecule has 0 atom stereocenters. The molecule has 0 unspecified atom stereocenters. The van der Waals surface area contributed by atoms with Crippen molar-refractivity contribution in [1.29, 1.82) is 0 Å². The number of carbonyl (C=O) groups is 3. The van der Waals surface area contributed by atoms with Gasteiger partial charge in [0, 0.05) is 24.3 Å². The molecule has 160 valence electrons. The molecule has 0 fully saturated rings. The minimum absolute atomic E-state index is 0.201. The van der Waals surface area contributed by atoms with E-state index in [-0.39, 0.29) is 12.6 Å². The molecule has 0 heterocycles. The maximum atomic E-state index is 12.2. The van der Waals surface area contributed by atoms with E-state index in [4.69, 9.17) is 0 Å². The summed E-state index contributed by atoms with van der Waals surface area (Å²) >= 11 is 0. The molecule has 0 saturated carbocycles. The number of hydrogen-bond donors (Lipinski definition) is 3. The van der Waals surface area contributed by atoms with E-state index in [9.17, 15) is 14.4 Å². The molecular formula is C22H28N4O4. The third kappa shape index (κ3) is 7.56. The first kappa shape index (κ1) is 22.9. The normalized spacial score (nSPS) is 10.4. The third-order valence-electron chi connectivity index (χ3n) is 4.46. The fraction of sp³-hybridized carbons (Fsp3) is 0.318. The Morgan fingerprint density at radius 1 is 1.00 bits per heavy atom. The Morgan fingerprint density at radius 2 is 1.70 bits per heavy atom. The van der Waals surface area contributed by atoms with Crippen LogP contribution in [-0.4, -0.2) is 50.1 Å². The van der Waals surface area contributed by atoms with Gasteiger partial charge in [0.2, 0.25) is 0 Å². The van der Waals surface area contributed by atoms with Crippen LogP contribution in [-0.2, 0) is 22.6 Å². The monoisotopic (exact) mass is 412 g/mol. The number of rotatable bonds is 9. The standard InChI is InChI=1S/C22H28N4O4/c1-4-26(2)15-17-7-5-6-16(12-17)13-24-22(29)25-19-10-8-18(9-11-19)21(28)23-14-20(27)30-3/h5-12H,4,13-15H2,1-3H3,(H,23,28)(H2,24,25,29). The molecule has 0 aliphatic heterocycles. The fourth-order valence-electron chi connectivity index (χ4n) is 2.65. The lowest BCUT2D eigenvalue weighted by molar-refractivity contribution is -0.139. The number of anilines is 1. The molecular weight excluding hydrogens is 384 g/mol. The Kier molecular flexibility index (Phi) is 8.83. The van der Waals surface area contributed by atoms with Crippen LogP contribution in [0.5, 0.6) is 0 Å². The molecule has 0 radical (unpaired) electrons. The number of nitrogens with zero attached hydrogens (tertiary/aromatic N) is 1. The summed E-state index contributed by atoms with van der Waals surface area (Å²) in [7, 11) is 3.31. The van der Waals surface area contributed by atoms with Crippen LogP contribution >= 0.6 is 0 Å². The summed E-state index contributed by atoms with van der Waals surface area (Å²) in [6.07, 6.45) is 0. The van der Waals surface area contributed by atoms with E-state index in [1.807, 2.05) is 12.1 Å². The predicted octanol–water partition coefficient (Wildman–Crippen LogP) is 2.36. The molecule has 0 aliphatic rings. The molecule has 0 spiro atoms. The van der Waals surface area contributed by atoms with Crippen LogP contribution in [0, 0.1) is 0 Å². The zero-order valence-electron chi connectivity index (χ0n) is 17.5. The molecule has 0 aromatic heterocycles. The second kappa shape index (κ2) is 11.6. The number of benzene rings is 2. The van der Waals surface area contributed by atoms with Crippen molar-refractivity contribution < 1.29 is 19.1 Å². The van der Waals surface area contributed by atoms with Crippen LogP contribution in [0.2, 0.25) is 0 Å². The van der Waals surface area contributed by atoms with E-state index < -0.39 is 11.9 Å². The number of carbonyl (C=O) groups excluding carboxylic acids is 3. The zero-order valence-corrected chi connectivity index (χ0v) is 17.5. The molecule has 8 heteroatoms. The Balaban J connectivity index is 1.83. The summed E-state index contributed by atoms with van der Waals surface area (Å²) in [5.74, 6) is -0.925. The topological polar surface area (TPSA) is 99.8 Å². The number of esters is 1. The first-order chi connectivity index (χ1) is 14.4. The van der Waals surface area contributed by atoms with Gasteiger partial charge in [0.1, 0.15) is 6.54 Å². The Morgan fingerprint density at radius 3 is 2.37 bits per heavy atom. The van der Waals surface area contributed by atoms with E-state index in [0.29, 0.717) is 17.8 Å². The highest BCUT2D eigenvalue weighted by Crippen LogP contribution is 2.10. The molecule has 0 saturated heterocycles. The summed E-state index contributed by atoms with van der Waals surface area (Å²) in [4.78, 5) is 37.4. The van der Waals surface area contributed by atoms with Crippen LogP contribution in [0.3, 0.4) is 0 Å². The van der Waals surface area contributed by atoms with Gasteiger partial charge in [-0.05, 0) is 49.0 Å². The summed E-state index contributed by atoms with van der Waals surface area (Å²) in [6.45, 7) is 4.14. The van der Waals surface area contributed by atoms with E-state index in [0.717, 1.165) is 18.7 Å². The number of ether oxygens (including phenoxy) is 1. The lowest BCUT2D eigenvalue weighted by Gasteiger charge is -2.14. The Hall–Kier alpha value is -3.39. The van der Waals surface area contributed by atoms with E-state index >= 15 is 0 Å². The average Bonchev–Trinajstić information content (AvgIpc) is 2.76. The number of hydrogen-bond acceptors (Lipinski definition) is 5. The van der Waals surface area contributed by atoms with Crippen LogP contribution in [0.1, 0.15) is 28.4 Å². The highest BCUT2D eigenvalue weighted by atomic mass is 16.5. The van der Waals surface area contributed by atoms with Crippen molar-refractivity contribution in [2.75, 3.05) is 32.6 Å². The van der Waals surface area contributed by atoms with Gasteiger partial charge in [0.05, 0.1) is 7.11 Å². The van der Waals surface area contributed by atoms with E-state index in [1.165, 1.54) is 12.7 Å².